The lowest BCUT2D eigenvalue weighted by Crippen LogP contribution is -2.19. The second kappa shape index (κ2) is 5.42. The average Bonchev–Trinajstić information content (AvgIpc) is 2.72. The molecule has 0 amide bonds. The van der Waals surface area contributed by atoms with Gasteiger partial charge in [-0.1, -0.05) is 6.92 Å². The standard InChI is InChI=1S/C12H18N4S/c1-3-9-6-10-11(14-5-4-8(2)13)15-7-16-12(10)17-9/h6-8H,3-5,13H2,1-2H3,(H,14,15,16). The molecule has 0 saturated carbocycles. The molecule has 3 N–H and O–H groups in total. The van der Waals surface area contributed by atoms with Crippen molar-refractivity contribution in [2.75, 3.05) is 11.9 Å². The van der Waals surface area contributed by atoms with Crippen molar-refractivity contribution in [3.8, 4) is 0 Å². The molecular formula is C12H18N4S. The van der Waals surface area contributed by atoms with Crippen LogP contribution in [-0.2, 0) is 6.42 Å². The van der Waals surface area contributed by atoms with Crippen molar-refractivity contribution in [2.24, 2.45) is 5.73 Å². The molecule has 1 atom stereocenters. The number of nitrogens with two attached hydrogens (primary N) is 1. The van der Waals surface area contributed by atoms with E-state index in [-0.39, 0.29) is 6.04 Å². The number of hydrogen-bond donors (Lipinski definition) is 2. The van der Waals surface area contributed by atoms with Crippen LogP contribution in [0.1, 0.15) is 25.1 Å². The van der Waals surface area contributed by atoms with Gasteiger partial charge in [0.05, 0.1) is 5.39 Å². The average molecular weight is 250 g/mol. The number of aryl methyl sites for hydroxylation is 1. The summed E-state index contributed by atoms with van der Waals surface area (Å²) in [4.78, 5) is 11.0. The van der Waals surface area contributed by atoms with Gasteiger partial charge in [-0.15, -0.1) is 11.3 Å². The lowest BCUT2D eigenvalue weighted by Gasteiger charge is -2.07. The highest BCUT2D eigenvalue weighted by Gasteiger charge is 2.07. The van der Waals surface area contributed by atoms with Gasteiger partial charge < -0.3 is 11.1 Å². The summed E-state index contributed by atoms with van der Waals surface area (Å²) < 4.78 is 0. The summed E-state index contributed by atoms with van der Waals surface area (Å²) >= 11 is 1.74. The van der Waals surface area contributed by atoms with Gasteiger partial charge in [0.25, 0.3) is 0 Å². The first kappa shape index (κ1) is 12.3. The summed E-state index contributed by atoms with van der Waals surface area (Å²) in [7, 11) is 0. The molecule has 17 heavy (non-hydrogen) atoms. The molecule has 0 aromatic carbocycles. The Morgan fingerprint density at radius 3 is 3.00 bits per heavy atom. The monoisotopic (exact) mass is 250 g/mol. The molecule has 2 heterocycles. The zero-order valence-electron chi connectivity index (χ0n) is 10.2. The highest BCUT2D eigenvalue weighted by molar-refractivity contribution is 7.18. The molecule has 2 aromatic rings. The van der Waals surface area contributed by atoms with Crippen molar-refractivity contribution >= 4 is 27.4 Å². The fourth-order valence-electron chi connectivity index (χ4n) is 1.64. The molecule has 0 fully saturated rings. The van der Waals surface area contributed by atoms with Gasteiger partial charge in [-0.3, -0.25) is 0 Å². The van der Waals surface area contributed by atoms with Crippen molar-refractivity contribution in [2.45, 2.75) is 32.7 Å². The van der Waals surface area contributed by atoms with Gasteiger partial charge in [-0.2, -0.15) is 0 Å². The Hall–Kier alpha value is -1.20. The molecule has 2 rings (SSSR count). The van der Waals surface area contributed by atoms with Gasteiger partial charge >= 0.3 is 0 Å². The first-order valence-electron chi connectivity index (χ1n) is 5.93. The molecule has 0 aliphatic rings. The van der Waals surface area contributed by atoms with Gasteiger partial charge in [0.1, 0.15) is 17.0 Å². The summed E-state index contributed by atoms with van der Waals surface area (Å²) in [6.45, 7) is 5.01. The van der Waals surface area contributed by atoms with E-state index >= 15 is 0 Å². The van der Waals surface area contributed by atoms with Crippen LogP contribution in [0, 0.1) is 0 Å². The summed E-state index contributed by atoms with van der Waals surface area (Å²) in [6.07, 6.45) is 3.60. The summed E-state index contributed by atoms with van der Waals surface area (Å²) in [5.74, 6) is 0.923. The third kappa shape index (κ3) is 2.92. The van der Waals surface area contributed by atoms with Crippen LogP contribution in [-0.4, -0.2) is 22.6 Å². The molecule has 0 saturated heterocycles. The van der Waals surface area contributed by atoms with E-state index in [4.69, 9.17) is 5.73 Å². The van der Waals surface area contributed by atoms with Crippen molar-refractivity contribution in [3.63, 3.8) is 0 Å². The molecule has 0 aliphatic carbocycles. The highest BCUT2D eigenvalue weighted by Crippen LogP contribution is 2.28. The highest BCUT2D eigenvalue weighted by atomic mass is 32.1. The smallest absolute Gasteiger partial charge is 0.138 e. The fraction of sp³-hybridized carbons (Fsp3) is 0.500. The Morgan fingerprint density at radius 1 is 1.47 bits per heavy atom. The summed E-state index contributed by atoms with van der Waals surface area (Å²) in [5.41, 5.74) is 5.72. The number of aromatic nitrogens is 2. The quantitative estimate of drug-likeness (QED) is 0.855. The van der Waals surface area contributed by atoms with E-state index in [1.54, 1.807) is 17.7 Å². The van der Waals surface area contributed by atoms with Gasteiger partial charge in [-0.05, 0) is 25.8 Å². The van der Waals surface area contributed by atoms with Crippen LogP contribution in [0.3, 0.4) is 0 Å². The van der Waals surface area contributed by atoms with Gasteiger partial charge in [-0.25, -0.2) is 9.97 Å². The fourth-order valence-corrected chi connectivity index (χ4v) is 2.57. The zero-order valence-corrected chi connectivity index (χ0v) is 11.0. The lowest BCUT2D eigenvalue weighted by atomic mass is 10.2. The predicted molar refractivity (Wildman–Crippen MR) is 73.5 cm³/mol. The predicted octanol–water partition coefficient (Wildman–Crippen LogP) is 2.40. The van der Waals surface area contributed by atoms with Crippen LogP contribution in [0.5, 0.6) is 0 Å². The van der Waals surface area contributed by atoms with Gasteiger partial charge in [0.2, 0.25) is 0 Å². The van der Waals surface area contributed by atoms with E-state index in [9.17, 15) is 0 Å². The molecular weight excluding hydrogens is 232 g/mol. The number of nitrogens with one attached hydrogen (secondary N) is 1. The zero-order chi connectivity index (χ0) is 12.3. The maximum atomic E-state index is 5.72. The van der Waals surface area contributed by atoms with E-state index in [2.05, 4.69) is 28.3 Å². The van der Waals surface area contributed by atoms with Crippen LogP contribution < -0.4 is 11.1 Å². The Labute approximate surface area is 105 Å². The molecule has 4 nitrogen and oxygen atoms in total. The molecule has 0 bridgehead atoms. The normalized spacial score (nSPS) is 12.9. The minimum absolute atomic E-state index is 0.216. The summed E-state index contributed by atoms with van der Waals surface area (Å²) in [5, 5.41) is 4.46. The number of anilines is 1. The SMILES string of the molecule is CCc1cc2c(NCCC(C)N)ncnc2s1. The molecule has 92 valence electrons. The van der Waals surface area contributed by atoms with Crippen LogP contribution in [0.4, 0.5) is 5.82 Å². The third-order valence-electron chi connectivity index (χ3n) is 2.62. The lowest BCUT2D eigenvalue weighted by molar-refractivity contribution is 0.689. The first-order valence-corrected chi connectivity index (χ1v) is 6.75. The van der Waals surface area contributed by atoms with Crippen LogP contribution in [0.2, 0.25) is 0 Å². The molecule has 1 unspecified atom stereocenters. The van der Waals surface area contributed by atoms with Gasteiger partial charge in [0.15, 0.2) is 0 Å². The Bertz CT molecular complexity index is 492. The molecule has 2 aromatic heterocycles. The third-order valence-corrected chi connectivity index (χ3v) is 3.81. The van der Waals surface area contributed by atoms with Crippen LogP contribution >= 0.6 is 11.3 Å². The largest absolute Gasteiger partial charge is 0.369 e. The van der Waals surface area contributed by atoms with Crippen molar-refractivity contribution in [1.82, 2.24) is 9.97 Å². The van der Waals surface area contributed by atoms with E-state index in [0.717, 1.165) is 35.4 Å². The van der Waals surface area contributed by atoms with E-state index in [1.807, 2.05) is 6.92 Å². The van der Waals surface area contributed by atoms with E-state index < -0.39 is 0 Å². The second-order valence-corrected chi connectivity index (χ2v) is 5.32. The second-order valence-electron chi connectivity index (χ2n) is 4.20. The molecule has 5 heteroatoms. The number of nitrogens with zero attached hydrogens (tertiary/aromatic N) is 2. The first-order chi connectivity index (χ1) is 8.20. The van der Waals surface area contributed by atoms with Crippen molar-refractivity contribution < 1.29 is 0 Å². The minimum Gasteiger partial charge on any atom is -0.369 e. The molecule has 0 spiro atoms. The summed E-state index contributed by atoms with van der Waals surface area (Å²) in [6, 6.07) is 2.39. The topological polar surface area (TPSA) is 63.8 Å². The number of fused-ring (bicyclic) bond motifs is 1. The van der Waals surface area contributed by atoms with Gasteiger partial charge in [0, 0.05) is 17.5 Å². The van der Waals surface area contributed by atoms with E-state index in [0.29, 0.717) is 0 Å². The van der Waals surface area contributed by atoms with Crippen LogP contribution in [0.25, 0.3) is 10.2 Å². The maximum absolute atomic E-state index is 5.72. The minimum atomic E-state index is 0.216. The Kier molecular flexibility index (Phi) is 3.91. The van der Waals surface area contributed by atoms with E-state index in [1.165, 1.54) is 4.88 Å². The van der Waals surface area contributed by atoms with Crippen molar-refractivity contribution in [3.05, 3.63) is 17.3 Å². The maximum Gasteiger partial charge on any atom is 0.138 e. The number of hydrogen-bond acceptors (Lipinski definition) is 5. The van der Waals surface area contributed by atoms with Crippen LogP contribution in [0.15, 0.2) is 12.4 Å². The van der Waals surface area contributed by atoms with Crippen molar-refractivity contribution in [1.29, 1.82) is 0 Å². The Morgan fingerprint density at radius 2 is 2.29 bits per heavy atom. The molecule has 0 radical (unpaired) electrons. The Balaban J connectivity index is 2.18. The molecule has 0 aliphatic heterocycles. The number of rotatable bonds is 5. The number of thiophene rings is 1.